The number of aryl methyl sites for hydroxylation is 2. The second-order valence-electron chi connectivity index (χ2n) is 8.23. The Kier molecular flexibility index (Phi) is 6.82. The quantitative estimate of drug-likeness (QED) is 0.340. The molecule has 0 N–H and O–H groups in total. The van der Waals surface area contributed by atoms with E-state index in [2.05, 4.69) is 16.2 Å². The molecular weight excluding hydrogens is 468 g/mol. The second-order valence-corrected chi connectivity index (χ2v) is 10.6. The van der Waals surface area contributed by atoms with Crippen LogP contribution in [0.25, 0.3) is 0 Å². The maximum Gasteiger partial charge on any atom is 0.206 e. The summed E-state index contributed by atoms with van der Waals surface area (Å²) in [5, 5.41) is 15.1. The fraction of sp³-hybridized carbons (Fsp3) is 0.192. The van der Waals surface area contributed by atoms with E-state index in [0.717, 1.165) is 11.1 Å². The molecule has 0 amide bonds. The van der Waals surface area contributed by atoms with Gasteiger partial charge in [-0.1, -0.05) is 60.1 Å². The summed E-state index contributed by atoms with van der Waals surface area (Å²) in [7, 11) is -3.95. The molecule has 4 rings (SSSR count). The van der Waals surface area contributed by atoms with Gasteiger partial charge >= 0.3 is 0 Å². The average Bonchev–Trinajstić information content (AvgIpc) is 3.35. The molecule has 3 aromatic carbocycles. The average molecular weight is 491 g/mol. The summed E-state index contributed by atoms with van der Waals surface area (Å²) in [5.74, 6) is 0. The number of hydrogen-bond donors (Lipinski definition) is 0. The zero-order valence-electron chi connectivity index (χ0n) is 18.6. The topological polar surface area (TPSA) is 88.6 Å². The Morgan fingerprint density at radius 3 is 2.53 bits per heavy atom. The van der Waals surface area contributed by atoms with Gasteiger partial charge in [0, 0.05) is 5.02 Å². The van der Waals surface area contributed by atoms with Gasteiger partial charge in [-0.05, 0) is 60.7 Å². The van der Waals surface area contributed by atoms with E-state index in [4.69, 9.17) is 11.6 Å². The van der Waals surface area contributed by atoms with Gasteiger partial charge in [-0.15, -0.1) is 0 Å². The van der Waals surface area contributed by atoms with Crippen LogP contribution in [0, 0.1) is 18.3 Å². The summed E-state index contributed by atoms with van der Waals surface area (Å²) in [6.07, 6.45) is 3.92. The Hall–Kier alpha value is -3.47. The van der Waals surface area contributed by atoms with E-state index in [9.17, 15) is 13.7 Å². The predicted octanol–water partition coefficient (Wildman–Crippen LogP) is 5.17. The number of benzene rings is 3. The van der Waals surface area contributed by atoms with Crippen molar-refractivity contribution in [3.05, 3.63) is 107 Å². The van der Waals surface area contributed by atoms with Crippen molar-refractivity contribution in [1.29, 1.82) is 5.26 Å². The van der Waals surface area contributed by atoms with Gasteiger partial charge in [0.15, 0.2) is 0 Å². The standard InChI is InChI=1S/C26H23ClN4O2S/c1-20-10-11-24(25(14-20)34(32,33)23-9-5-8-22(27)15-23)26(16-28,17-31-19-29-18-30-31)13-12-21-6-3-2-4-7-21/h2-11,14-15,18-19H,12-13,17H2,1H3. The molecule has 0 aliphatic rings. The molecule has 1 aromatic heterocycles. The van der Waals surface area contributed by atoms with Gasteiger partial charge < -0.3 is 0 Å². The molecule has 34 heavy (non-hydrogen) atoms. The maximum absolute atomic E-state index is 13.8. The minimum Gasteiger partial charge on any atom is -0.251 e. The maximum atomic E-state index is 13.8. The summed E-state index contributed by atoms with van der Waals surface area (Å²) in [4.78, 5) is 4.19. The summed E-state index contributed by atoms with van der Waals surface area (Å²) in [5.41, 5.74) is 1.11. The minimum absolute atomic E-state index is 0.0857. The van der Waals surface area contributed by atoms with Crippen molar-refractivity contribution < 1.29 is 8.42 Å². The van der Waals surface area contributed by atoms with Crippen LogP contribution in [0.15, 0.2) is 95.2 Å². The lowest BCUT2D eigenvalue weighted by Crippen LogP contribution is -2.33. The van der Waals surface area contributed by atoms with Crippen molar-refractivity contribution in [1.82, 2.24) is 14.8 Å². The Morgan fingerprint density at radius 1 is 1.06 bits per heavy atom. The normalized spacial score (nSPS) is 13.2. The number of nitrogens with zero attached hydrogens (tertiary/aromatic N) is 4. The molecule has 8 heteroatoms. The molecule has 1 atom stereocenters. The van der Waals surface area contributed by atoms with Gasteiger partial charge in [-0.2, -0.15) is 10.4 Å². The molecule has 4 aromatic rings. The predicted molar refractivity (Wildman–Crippen MR) is 130 cm³/mol. The Morgan fingerprint density at radius 2 is 1.85 bits per heavy atom. The van der Waals surface area contributed by atoms with Crippen molar-refractivity contribution in [3.63, 3.8) is 0 Å². The molecule has 0 aliphatic heterocycles. The molecular formula is C26H23ClN4O2S. The van der Waals surface area contributed by atoms with Crippen molar-refractivity contribution >= 4 is 21.4 Å². The Labute approximate surface area is 204 Å². The molecule has 0 aliphatic carbocycles. The number of rotatable bonds is 8. The highest BCUT2D eigenvalue weighted by Crippen LogP contribution is 2.38. The summed E-state index contributed by atoms with van der Waals surface area (Å²) in [6.45, 7) is 1.99. The smallest absolute Gasteiger partial charge is 0.206 e. The number of sulfone groups is 1. The SMILES string of the molecule is Cc1ccc(C(C#N)(CCc2ccccc2)Cn2cncn2)c(S(=O)(=O)c2cccc(Cl)c2)c1. The molecule has 0 bridgehead atoms. The molecule has 0 fully saturated rings. The van der Waals surface area contributed by atoms with Crippen LogP contribution in [0.5, 0.6) is 0 Å². The molecule has 1 unspecified atom stereocenters. The third kappa shape index (κ3) is 4.89. The van der Waals surface area contributed by atoms with Gasteiger partial charge in [0.05, 0.1) is 22.4 Å². The third-order valence-corrected chi connectivity index (χ3v) is 7.87. The fourth-order valence-corrected chi connectivity index (χ4v) is 5.99. The first-order valence-corrected chi connectivity index (χ1v) is 12.6. The van der Waals surface area contributed by atoms with E-state index in [1.807, 2.05) is 43.3 Å². The number of aromatic nitrogens is 3. The van der Waals surface area contributed by atoms with E-state index in [-0.39, 0.29) is 16.3 Å². The van der Waals surface area contributed by atoms with E-state index < -0.39 is 15.3 Å². The first-order chi connectivity index (χ1) is 16.3. The zero-order chi connectivity index (χ0) is 24.2. The van der Waals surface area contributed by atoms with Crippen LogP contribution in [0.1, 0.15) is 23.1 Å². The highest BCUT2D eigenvalue weighted by Gasteiger charge is 2.38. The van der Waals surface area contributed by atoms with Crippen LogP contribution in [0.2, 0.25) is 5.02 Å². The van der Waals surface area contributed by atoms with Crippen molar-refractivity contribution in [3.8, 4) is 6.07 Å². The summed E-state index contributed by atoms with van der Waals surface area (Å²) < 4.78 is 29.2. The molecule has 1 heterocycles. The molecule has 0 radical (unpaired) electrons. The second kappa shape index (κ2) is 9.80. The van der Waals surface area contributed by atoms with Crippen LogP contribution in [0.3, 0.4) is 0 Å². The molecule has 0 saturated carbocycles. The van der Waals surface area contributed by atoms with Crippen molar-refractivity contribution in [2.24, 2.45) is 0 Å². The summed E-state index contributed by atoms with van der Waals surface area (Å²) >= 11 is 6.10. The van der Waals surface area contributed by atoms with Crippen molar-refractivity contribution in [2.45, 2.75) is 41.5 Å². The minimum atomic E-state index is -3.95. The van der Waals surface area contributed by atoms with Crippen molar-refractivity contribution in [2.75, 3.05) is 0 Å². The molecule has 0 saturated heterocycles. The lowest BCUT2D eigenvalue weighted by molar-refractivity contribution is 0.395. The molecule has 172 valence electrons. The molecule has 0 spiro atoms. The third-order valence-electron chi connectivity index (χ3n) is 5.84. The van der Waals surface area contributed by atoms with E-state index >= 15 is 0 Å². The highest BCUT2D eigenvalue weighted by molar-refractivity contribution is 7.91. The van der Waals surface area contributed by atoms with E-state index in [1.54, 1.807) is 28.9 Å². The monoisotopic (exact) mass is 490 g/mol. The van der Waals surface area contributed by atoms with Gasteiger partial charge in [-0.25, -0.2) is 13.4 Å². The number of hydrogen-bond acceptors (Lipinski definition) is 5. The van der Waals surface area contributed by atoms with Crippen LogP contribution in [-0.4, -0.2) is 23.2 Å². The highest BCUT2D eigenvalue weighted by atomic mass is 35.5. The van der Waals surface area contributed by atoms with Gasteiger partial charge in [-0.3, -0.25) is 4.68 Å². The largest absolute Gasteiger partial charge is 0.251 e. The Balaban J connectivity index is 1.88. The van der Waals surface area contributed by atoms with Gasteiger partial charge in [0.1, 0.15) is 18.1 Å². The van der Waals surface area contributed by atoms with Gasteiger partial charge in [0.25, 0.3) is 0 Å². The van der Waals surface area contributed by atoms with Crippen LogP contribution < -0.4 is 0 Å². The van der Waals surface area contributed by atoms with Gasteiger partial charge in [0.2, 0.25) is 9.84 Å². The number of halogens is 1. The van der Waals surface area contributed by atoms with Crippen LogP contribution >= 0.6 is 11.6 Å². The Bertz CT molecular complexity index is 1430. The zero-order valence-corrected chi connectivity index (χ0v) is 20.2. The first-order valence-electron chi connectivity index (χ1n) is 10.7. The molecule has 6 nitrogen and oxygen atoms in total. The van der Waals surface area contributed by atoms with Crippen LogP contribution in [0.4, 0.5) is 0 Å². The van der Waals surface area contributed by atoms with Crippen LogP contribution in [-0.2, 0) is 28.2 Å². The number of nitriles is 1. The lowest BCUT2D eigenvalue weighted by atomic mass is 9.76. The fourth-order valence-electron chi connectivity index (χ4n) is 4.05. The summed E-state index contributed by atoms with van der Waals surface area (Å²) in [6, 6.07) is 23.7. The van der Waals surface area contributed by atoms with E-state index in [0.29, 0.717) is 23.4 Å². The lowest BCUT2D eigenvalue weighted by Gasteiger charge is -2.29. The van der Waals surface area contributed by atoms with E-state index in [1.165, 1.54) is 24.8 Å². The first kappa shape index (κ1) is 23.7.